The first-order valence-electron chi connectivity index (χ1n) is 4.19. The van der Waals surface area contributed by atoms with Gasteiger partial charge in [-0.25, -0.2) is 0 Å². The number of hydrogen-bond acceptors (Lipinski definition) is 3. The average Bonchev–Trinajstić information content (AvgIpc) is 2.75. The number of aliphatic hydroxyl groups is 1. The van der Waals surface area contributed by atoms with E-state index in [9.17, 15) is 5.11 Å². The first kappa shape index (κ1) is 9.55. The van der Waals surface area contributed by atoms with Crippen LogP contribution in [0.25, 0.3) is 0 Å². The van der Waals surface area contributed by atoms with Gasteiger partial charge in [0.25, 0.3) is 0 Å². The van der Waals surface area contributed by atoms with Crippen molar-refractivity contribution in [2.75, 3.05) is 0 Å². The predicted octanol–water partition coefficient (Wildman–Crippen LogP) is 2.91. The molecule has 14 heavy (non-hydrogen) atoms. The van der Waals surface area contributed by atoms with E-state index in [1.165, 1.54) is 0 Å². The molecule has 4 heteroatoms. The van der Waals surface area contributed by atoms with Crippen molar-refractivity contribution in [3.63, 3.8) is 0 Å². The number of furan rings is 2. The Hall–Kier alpha value is -1.00. The maximum atomic E-state index is 9.76. The molecule has 0 saturated carbocycles. The molecule has 0 bridgehead atoms. The maximum absolute atomic E-state index is 9.76. The predicted molar refractivity (Wildman–Crippen MR) is 53.8 cm³/mol. The fourth-order valence-corrected chi connectivity index (χ4v) is 1.65. The van der Waals surface area contributed by atoms with E-state index in [-0.39, 0.29) is 0 Å². The van der Waals surface area contributed by atoms with Crippen LogP contribution in [0.4, 0.5) is 0 Å². The summed E-state index contributed by atoms with van der Waals surface area (Å²) in [5.74, 6) is 0. The second kappa shape index (κ2) is 4.02. The van der Waals surface area contributed by atoms with Gasteiger partial charge in [-0.1, -0.05) is 0 Å². The Morgan fingerprint density at radius 1 is 1.43 bits per heavy atom. The van der Waals surface area contributed by atoms with Gasteiger partial charge in [-0.15, -0.1) is 0 Å². The molecule has 0 aliphatic rings. The number of rotatable bonds is 3. The summed E-state index contributed by atoms with van der Waals surface area (Å²) in [5, 5.41) is 9.76. The van der Waals surface area contributed by atoms with Gasteiger partial charge in [-0.3, -0.25) is 0 Å². The van der Waals surface area contributed by atoms with Gasteiger partial charge in [-0.2, -0.15) is 0 Å². The molecule has 0 saturated heterocycles. The molecule has 0 aliphatic heterocycles. The van der Waals surface area contributed by atoms with Crippen molar-refractivity contribution in [1.82, 2.24) is 0 Å². The normalized spacial score (nSPS) is 13.0. The minimum atomic E-state index is -0.543. The van der Waals surface area contributed by atoms with Gasteiger partial charge in [0, 0.05) is 12.0 Å². The summed E-state index contributed by atoms with van der Waals surface area (Å²) >= 11 is 3.20. The lowest BCUT2D eigenvalue weighted by Crippen LogP contribution is -1.98. The molecule has 2 heterocycles. The molecule has 0 fully saturated rings. The molecule has 74 valence electrons. The van der Waals surface area contributed by atoms with E-state index in [0.29, 0.717) is 11.1 Å². The highest BCUT2D eigenvalue weighted by Crippen LogP contribution is 2.21. The largest absolute Gasteiger partial charge is 0.472 e. The van der Waals surface area contributed by atoms with Crippen LogP contribution in [0.1, 0.15) is 17.2 Å². The van der Waals surface area contributed by atoms with Crippen LogP contribution in [0.3, 0.4) is 0 Å². The summed E-state index contributed by atoms with van der Waals surface area (Å²) in [6.45, 7) is 0. The molecular formula is C10H9BrO3. The van der Waals surface area contributed by atoms with Gasteiger partial charge in [0.15, 0.2) is 4.67 Å². The lowest BCUT2D eigenvalue weighted by Gasteiger charge is -2.04. The first-order valence-corrected chi connectivity index (χ1v) is 4.98. The average molecular weight is 257 g/mol. The van der Waals surface area contributed by atoms with Crippen LogP contribution >= 0.6 is 15.9 Å². The topological polar surface area (TPSA) is 46.5 Å². The Labute approximate surface area is 89.5 Å². The smallest absolute Gasteiger partial charge is 0.169 e. The number of aliphatic hydroxyl groups excluding tert-OH is 1. The van der Waals surface area contributed by atoms with Gasteiger partial charge in [0.05, 0.1) is 24.9 Å². The Kier molecular flexibility index (Phi) is 2.74. The van der Waals surface area contributed by atoms with Crippen molar-refractivity contribution in [2.45, 2.75) is 12.5 Å². The highest BCUT2D eigenvalue weighted by atomic mass is 79.9. The molecule has 0 aliphatic carbocycles. The van der Waals surface area contributed by atoms with Gasteiger partial charge in [0.1, 0.15) is 0 Å². The van der Waals surface area contributed by atoms with Gasteiger partial charge < -0.3 is 13.9 Å². The summed E-state index contributed by atoms with van der Waals surface area (Å²) in [7, 11) is 0. The van der Waals surface area contributed by atoms with Crippen molar-refractivity contribution in [3.05, 3.63) is 46.7 Å². The molecule has 1 unspecified atom stereocenters. The summed E-state index contributed by atoms with van der Waals surface area (Å²) < 4.78 is 10.6. The monoisotopic (exact) mass is 256 g/mol. The summed E-state index contributed by atoms with van der Waals surface area (Å²) in [6, 6.07) is 3.59. The standard InChI is InChI=1S/C10H9BrO3/c11-10-4-7(5-14-10)3-9(12)8-1-2-13-6-8/h1-2,4-6,9,12H,3H2. The van der Waals surface area contributed by atoms with E-state index in [2.05, 4.69) is 15.9 Å². The van der Waals surface area contributed by atoms with Crippen LogP contribution < -0.4 is 0 Å². The molecule has 2 rings (SSSR count). The number of halogens is 1. The van der Waals surface area contributed by atoms with E-state index < -0.39 is 6.10 Å². The van der Waals surface area contributed by atoms with Gasteiger partial charge >= 0.3 is 0 Å². The second-order valence-corrected chi connectivity index (χ2v) is 3.82. The van der Waals surface area contributed by atoms with Crippen LogP contribution in [-0.4, -0.2) is 5.11 Å². The van der Waals surface area contributed by atoms with Crippen LogP contribution in [-0.2, 0) is 6.42 Å². The fourth-order valence-electron chi connectivity index (χ4n) is 1.26. The minimum Gasteiger partial charge on any atom is -0.472 e. The third-order valence-corrected chi connectivity index (χ3v) is 2.39. The van der Waals surface area contributed by atoms with Crippen LogP contribution in [0, 0.1) is 0 Å². The highest BCUT2D eigenvalue weighted by molar-refractivity contribution is 9.10. The lowest BCUT2D eigenvalue weighted by atomic mass is 10.1. The Morgan fingerprint density at radius 3 is 2.86 bits per heavy atom. The van der Waals surface area contributed by atoms with Crippen molar-refractivity contribution >= 4 is 15.9 Å². The Balaban J connectivity index is 2.05. The van der Waals surface area contributed by atoms with E-state index in [1.54, 1.807) is 24.9 Å². The molecule has 1 atom stereocenters. The van der Waals surface area contributed by atoms with Crippen molar-refractivity contribution in [1.29, 1.82) is 0 Å². The molecule has 0 amide bonds. The van der Waals surface area contributed by atoms with Crippen molar-refractivity contribution in [3.8, 4) is 0 Å². The molecule has 2 aromatic rings. The summed E-state index contributed by atoms with van der Waals surface area (Å²) in [4.78, 5) is 0. The molecule has 2 aromatic heterocycles. The quantitative estimate of drug-likeness (QED) is 0.919. The van der Waals surface area contributed by atoms with Gasteiger partial charge in [0.2, 0.25) is 0 Å². The molecule has 0 radical (unpaired) electrons. The first-order chi connectivity index (χ1) is 6.75. The van der Waals surface area contributed by atoms with E-state index in [4.69, 9.17) is 8.83 Å². The molecular weight excluding hydrogens is 248 g/mol. The molecule has 0 aromatic carbocycles. The zero-order chi connectivity index (χ0) is 9.97. The van der Waals surface area contributed by atoms with Crippen molar-refractivity contribution in [2.24, 2.45) is 0 Å². The van der Waals surface area contributed by atoms with Crippen LogP contribution in [0.15, 0.2) is 44.4 Å². The summed E-state index contributed by atoms with van der Waals surface area (Å²) in [5.41, 5.74) is 1.73. The van der Waals surface area contributed by atoms with E-state index in [1.807, 2.05) is 6.07 Å². The zero-order valence-electron chi connectivity index (χ0n) is 7.31. The van der Waals surface area contributed by atoms with Crippen molar-refractivity contribution < 1.29 is 13.9 Å². The van der Waals surface area contributed by atoms with E-state index in [0.717, 1.165) is 11.1 Å². The lowest BCUT2D eigenvalue weighted by molar-refractivity contribution is 0.177. The zero-order valence-corrected chi connectivity index (χ0v) is 8.90. The maximum Gasteiger partial charge on any atom is 0.169 e. The van der Waals surface area contributed by atoms with E-state index >= 15 is 0 Å². The second-order valence-electron chi connectivity index (χ2n) is 3.04. The third kappa shape index (κ3) is 2.08. The molecule has 0 spiro atoms. The molecule has 3 nitrogen and oxygen atoms in total. The van der Waals surface area contributed by atoms with Gasteiger partial charge in [-0.05, 0) is 33.6 Å². The fraction of sp³-hybridized carbons (Fsp3) is 0.200. The SMILES string of the molecule is OC(Cc1coc(Br)c1)c1ccoc1. The Bertz CT molecular complexity index is 391. The summed E-state index contributed by atoms with van der Waals surface area (Å²) in [6.07, 6.45) is 4.68. The van der Waals surface area contributed by atoms with Crippen LogP contribution in [0.2, 0.25) is 0 Å². The third-order valence-electron chi connectivity index (χ3n) is 1.98. The highest BCUT2D eigenvalue weighted by Gasteiger charge is 2.11. The van der Waals surface area contributed by atoms with Crippen LogP contribution in [0.5, 0.6) is 0 Å². The Morgan fingerprint density at radius 2 is 2.29 bits per heavy atom. The molecule has 1 N–H and O–H groups in total. The minimum absolute atomic E-state index is 0.522. The number of hydrogen-bond donors (Lipinski definition) is 1.